The van der Waals surface area contributed by atoms with E-state index in [-0.39, 0.29) is 28.2 Å². The molecular formula is C32H60F3N3O6SSi3. The molecule has 278 valence electrons. The van der Waals surface area contributed by atoms with Gasteiger partial charge in [0.1, 0.15) is 12.3 Å². The van der Waals surface area contributed by atoms with Crippen LogP contribution in [0.25, 0.3) is 0 Å². The highest BCUT2D eigenvalue weighted by Gasteiger charge is 2.54. The van der Waals surface area contributed by atoms with Crippen LogP contribution in [0.1, 0.15) is 73.6 Å². The van der Waals surface area contributed by atoms with Gasteiger partial charge in [0.25, 0.3) is 5.56 Å². The van der Waals surface area contributed by atoms with E-state index in [9.17, 15) is 27.6 Å². The molecule has 9 nitrogen and oxygen atoms in total. The first kappa shape index (κ1) is 43.1. The van der Waals surface area contributed by atoms with E-state index < -0.39 is 72.6 Å². The number of halogens is 3. The fourth-order valence-electron chi connectivity index (χ4n) is 4.92. The molecule has 4 atom stereocenters. The maximum atomic E-state index is 13.2. The Labute approximate surface area is 293 Å². The molecule has 1 aliphatic rings. The Bertz CT molecular complexity index is 1350. The van der Waals surface area contributed by atoms with Gasteiger partial charge < -0.3 is 23.3 Å². The molecule has 1 fully saturated rings. The van der Waals surface area contributed by atoms with Crippen molar-refractivity contribution in [2.75, 3.05) is 19.9 Å². The van der Waals surface area contributed by atoms with Gasteiger partial charge in [0, 0.05) is 19.2 Å². The van der Waals surface area contributed by atoms with E-state index >= 15 is 0 Å². The molecule has 0 aliphatic carbocycles. The molecule has 48 heavy (non-hydrogen) atoms. The summed E-state index contributed by atoms with van der Waals surface area (Å²) in [7, 11) is -6.39. The van der Waals surface area contributed by atoms with Crippen LogP contribution >= 0.6 is 11.8 Å². The molecule has 0 saturated carbocycles. The van der Waals surface area contributed by atoms with Gasteiger partial charge in [0.15, 0.2) is 30.1 Å². The first-order chi connectivity index (χ1) is 21.3. The first-order valence-electron chi connectivity index (χ1n) is 16.5. The maximum Gasteiger partial charge on any atom is 0.471 e. The van der Waals surface area contributed by atoms with Gasteiger partial charge in [-0.15, -0.1) is 0 Å². The number of amides is 1. The summed E-state index contributed by atoms with van der Waals surface area (Å²) in [5.41, 5.74) is -0.794. The molecule has 2 heterocycles. The molecule has 1 N–H and O–H groups in total. The van der Waals surface area contributed by atoms with E-state index in [1.165, 1.54) is 18.0 Å². The summed E-state index contributed by atoms with van der Waals surface area (Å²) >= 11 is 1.22. The number of carbonyl (C=O) groups excluding carboxylic acids is 1. The number of carbonyl (C=O) groups is 1. The lowest BCUT2D eigenvalue weighted by Gasteiger charge is -2.44. The highest BCUT2D eigenvalue weighted by molar-refractivity contribution is 7.98. The SMILES string of the molecule is CSc1nc(=O)c(CN(C)C(=O)C(F)(F)F)cn1[C@@H]1O[C@H](CO[Si](C)(C)C(C)(C)C)C(O[Si](C)(C)C(C)(C)C)[C@@H]1CC(C)(C)[Si](C)(C)O. The normalized spacial score (nSPS) is 21.9. The summed E-state index contributed by atoms with van der Waals surface area (Å²) in [4.78, 5) is 41.2. The lowest BCUT2D eigenvalue weighted by molar-refractivity contribution is -0.184. The second-order valence-corrected chi connectivity index (χ2v) is 32.2. The largest absolute Gasteiger partial charge is 0.471 e. The van der Waals surface area contributed by atoms with Crippen LogP contribution in [-0.4, -0.2) is 88.4 Å². The van der Waals surface area contributed by atoms with E-state index in [1.807, 2.05) is 26.9 Å². The van der Waals surface area contributed by atoms with E-state index in [0.29, 0.717) is 16.5 Å². The van der Waals surface area contributed by atoms with Crippen LogP contribution in [0.2, 0.25) is 54.4 Å². The molecule has 0 bridgehead atoms. The molecule has 1 amide bonds. The van der Waals surface area contributed by atoms with Gasteiger partial charge in [-0.2, -0.15) is 18.2 Å². The van der Waals surface area contributed by atoms with Gasteiger partial charge in [-0.3, -0.25) is 14.2 Å². The summed E-state index contributed by atoms with van der Waals surface area (Å²) in [6.45, 7) is 29.3. The molecule has 0 aromatic carbocycles. The number of nitrogens with zero attached hydrogens (tertiary/aromatic N) is 3. The van der Waals surface area contributed by atoms with Crippen molar-refractivity contribution in [2.45, 2.75) is 153 Å². The molecule has 0 radical (unpaired) electrons. The van der Waals surface area contributed by atoms with Gasteiger partial charge in [0.05, 0.1) is 24.8 Å². The molecule has 2 rings (SSSR count). The maximum absolute atomic E-state index is 13.2. The lowest BCUT2D eigenvalue weighted by Crippen LogP contribution is -2.51. The Kier molecular flexibility index (Phi) is 13.1. The number of aromatic nitrogens is 2. The Morgan fingerprint density at radius 2 is 1.54 bits per heavy atom. The predicted octanol–water partition coefficient (Wildman–Crippen LogP) is 7.78. The zero-order valence-electron chi connectivity index (χ0n) is 31.9. The molecule has 0 spiro atoms. The molecule has 16 heteroatoms. The van der Waals surface area contributed by atoms with Crippen LogP contribution in [-0.2, 0) is 24.9 Å². The molecular weight excluding hydrogens is 696 g/mol. The first-order valence-corrected chi connectivity index (χ1v) is 26.4. The molecule has 1 saturated heterocycles. The third-order valence-corrected chi connectivity index (χ3v) is 24.1. The average molecular weight is 756 g/mol. The van der Waals surface area contributed by atoms with Crippen molar-refractivity contribution in [3.05, 3.63) is 22.1 Å². The minimum Gasteiger partial charge on any atom is -0.432 e. The smallest absolute Gasteiger partial charge is 0.432 e. The highest BCUT2D eigenvalue weighted by atomic mass is 32.2. The van der Waals surface area contributed by atoms with E-state index in [0.717, 1.165) is 7.05 Å². The zero-order chi connectivity index (χ0) is 37.6. The van der Waals surface area contributed by atoms with Crippen LogP contribution in [0.3, 0.4) is 0 Å². The predicted molar refractivity (Wildman–Crippen MR) is 194 cm³/mol. The van der Waals surface area contributed by atoms with Crippen molar-refractivity contribution in [3.63, 3.8) is 0 Å². The number of hydrogen-bond donors (Lipinski definition) is 1. The average Bonchev–Trinajstić information content (AvgIpc) is 3.20. The summed E-state index contributed by atoms with van der Waals surface area (Å²) in [6.07, 6.45) is -3.08. The zero-order valence-corrected chi connectivity index (χ0v) is 35.7. The third kappa shape index (κ3) is 9.85. The third-order valence-electron chi connectivity index (χ3n) is 11.0. The monoisotopic (exact) mass is 755 g/mol. The van der Waals surface area contributed by atoms with Gasteiger partial charge >= 0.3 is 12.1 Å². The van der Waals surface area contributed by atoms with Crippen molar-refractivity contribution in [2.24, 2.45) is 5.92 Å². The Morgan fingerprint density at radius 1 is 1.02 bits per heavy atom. The number of thioether (sulfide) groups is 1. The van der Waals surface area contributed by atoms with E-state index in [2.05, 4.69) is 72.7 Å². The Morgan fingerprint density at radius 3 is 1.98 bits per heavy atom. The standard InChI is InChI=1S/C32H60F3N3O6SSi3/c1-29(2,3)47(13,14)42-20-23-24(44-48(15,16)30(4,5)6)22(17-31(7,8)46(11,12)41)26(43-23)38-19-21(25(39)36-28(38)45-10)18-37(9)27(40)32(33,34)35/h19,22-24,26,41H,17-18,20H2,1-16H3/t22-,23+,24?,26+/m0/s1. The van der Waals surface area contributed by atoms with Crippen LogP contribution in [0.5, 0.6) is 0 Å². The van der Waals surface area contributed by atoms with Crippen molar-refractivity contribution in [1.82, 2.24) is 14.5 Å². The molecule has 1 aromatic rings. The van der Waals surface area contributed by atoms with Gasteiger partial charge in [0.2, 0.25) is 0 Å². The van der Waals surface area contributed by atoms with Gasteiger partial charge in [-0.05, 0) is 67.1 Å². The topological polar surface area (TPSA) is 103 Å². The van der Waals surface area contributed by atoms with Crippen molar-refractivity contribution in [3.8, 4) is 0 Å². The summed E-state index contributed by atoms with van der Waals surface area (Å²) in [5, 5.41) is -0.373. The van der Waals surface area contributed by atoms with Gasteiger partial charge in [-0.1, -0.05) is 67.2 Å². The van der Waals surface area contributed by atoms with Crippen molar-refractivity contribution < 1.29 is 36.4 Å². The summed E-state index contributed by atoms with van der Waals surface area (Å²) < 4.78 is 62.3. The number of alkyl halides is 3. The van der Waals surface area contributed by atoms with E-state index in [4.69, 9.17) is 13.6 Å². The van der Waals surface area contributed by atoms with Crippen LogP contribution in [0.15, 0.2) is 16.1 Å². The number of hydrogen-bond acceptors (Lipinski definition) is 8. The fraction of sp³-hybridized carbons (Fsp3) is 0.844. The lowest BCUT2D eigenvalue weighted by atomic mass is 9.89. The van der Waals surface area contributed by atoms with Crippen molar-refractivity contribution in [1.29, 1.82) is 0 Å². The quantitative estimate of drug-likeness (QED) is 0.131. The Balaban J connectivity index is 2.83. The van der Waals surface area contributed by atoms with E-state index in [1.54, 1.807) is 10.8 Å². The Hall–Kier alpha value is -1.02. The van der Waals surface area contributed by atoms with Gasteiger partial charge in [-0.25, -0.2) is 0 Å². The summed E-state index contributed by atoms with van der Waals surface area (Å²) in [6, 6.07) is 0. The van der Waals surface area contributed by atoms with Crippen LogP contribution < -0.4 is 5.56 Å². The number of ether oxygens (including phenoxy) is 1. The molecule has 1 unspecified atom stereocenters. The second-order valence-electron chi connectivity index (χ2n) is 17.4. The number of rotatable bonds is 12. The van der Waals surface area contributed by atoms with Crippen molar-refractivity contribution >= 4 is 42.6 Å². The van der Waals surface area contributed by atoms with Crippen LogP contribution in [0, 0.1) is 5.92 Å². The second kappa shape index (κ2) is 14.5. The minimum absolute atomic E-state index is 0.0574. The highest BCUT2D eigenvalue weighted by Crippen LogP contribution is 2.52. The fourth-order valence-corrected chi connectivity index (χ4v) is 8.58. The van der Waals surface area contributed by atoms with Crippen LogP contribution in [0.4, 0.5) is 13.2 Å². The summed E-state index contributed by atoms with van der Waals surface area (Å²) in [5.74, 6) is -2.40. The minimum atomic E-state index is -5.09. The molecule has 1 aliphatic heterocycles. The molecule has 1 aromatic heterocycles.